The Labute approximate surface area is 181 Å². The quantitative estimate of drug-likeness (QED) is 0.560. The lowest BCUT2D eigenvalue weighted by atomic mass is 10.0. The third-order valence-electron chi connectivity index (χ3n) is 4.75. The highest BCUT2D eigenvalue weighted by atomic mass is 32.1. The number of thiazole rings is 1. The van der Waals surface area contributed by atoms with Gasteiger partial charge in [-0.25, -0.2) is 4.98 Å². The summed E-state index contributed by atoms with van der Waals surface area (Å²) in [5.74, 6) is 1.39. The summed E-state index contributed by atoms with van der Waals surface area (Å²) in [6, 6.07) is 15.0. The van der Waals surface area contributed by atoms with Crippen LogP contribution in [0, 0.1) is 6.92 Å². The minimum atomic E-state index is -0.126. The van der Waals surface area contributed by atoms with Crippen molar-refractivity contribution in [2.45, 2.75) is 19.6 Å². The lowest BCUT2D eigenvalue weighted by Gasteiger charge is -2.26. The molecule has 1 N–H and O–H groups in total. The standard InChI is InChI=1S/C23H27N3O3S/c1-16-25-18(15-30-16)14-29-19-11-9-17(10-12-19)23(27)24-13-21(26(2)3)20-7-5-6-8-22(20)28-4/h5-12,15,21H,13-14H2,1-4H3,(H,24,27)/t21-/m1/s1. The van der Waals surface area contributed by atoms with Gasteiger partial charge in [-0.15, -0.1) is 11.3 Å². The van der Waals surface area contributed by atoms with Crippen LogP contribution in [0.15, 0.2) is 53.9 Å². The number of amides is 1. The summed E-state index contributed by atoms with van der Waals surface area (Å²) in [7, 11) is 5.63. The molecule has 0 unspecified atom stereocenters. The number of nitrogens with zero attached hydrogens (tertiary/aromatic N) is 2. The van der Waals surface area contributed by atoms with Crippen molar-refractivity contribution in [3.63, 3.8) is 0 Å². The van der Waals surface area contributed by atoms with E-state index in [1.807, 2.05) is 50.7 Å². The summed E-state index contributed by atoms with van der Waals surface area (Å²) in [6.45, 7) is 2.85. The van der Waals surface area contributed by atoms with E-state index in [1.54, 1.807) is 42.7 Å². The highest BCUT2D eigenvalue weighted by Crippen LogP contribution is 2.27. The van der Waals surface area contributed by atoms with Gasteiger partial charge in [0.25, 0.3) is 5.91 Å². The van der Waals surface area contributed by atoms with E-state index in [0.29, 0.717) is 24.5 Å². The molecule has 30 heavy (non-hydrogen) atoms. The fourth-order valence-electron chi connectivity index (χ4n) is 3.14. The fraction of sp³-hybridized carbons (Fsp3) is 0.304. The summed E-state index contributed by atoms with van der Waals surface area (Å²) < 4.78 is 11.2. The van der Waals surface area contributed by atoms with E-state index in [1.165, 1.54) is 0 Å². The Kier molecular flexibility index (Phi) is 7.43. The van der Waals surface area contributed by atoms with Gasteiger partial charge in [0.1, 0.15) is 18.1 Å². The Balaban J connectivity index is 1.59. The van der Waals surface area contributed by atoms with E-state index in [4.69, 9.17) is 9.47 Å². The van der Waals surface area contributed by atoms with Crippen molar-refractivity contribution in [2.75, 3.05) is 27.7 Å². The number of carbonyl (C=O) groups is 1. The van der Waals surface area contributed by atoms with Gasteiger partial charge in [0.2, 0.25) is 0 Å². The number of para-hydroxylation sites is 1. The van der Waals surface area contributed by atoms with Crippen LogP contribution in [0.25, 0.3) is 0 Å². The van der Waals surface area contributed by atoms with Crippen LogP contribution >= 0.6 is 11.3 Å². The van der Waals surface area contributed by atoms with Crippen LogP contribution in [0.2, 0.25) is 0 Å². The normalized spacial score (nSPS) is 11.9. The minimum absolute atomic E-state index is 0.00530. The molecule has 0 aliphatic heterocycles. The molecule has 0 bridgehead atoms. The molecule has 2 aromatic carbocycles. The van der Waals surface area contributed by atoms with Crippen LogP contribution in [-0.2, 0) is 6.61 Å². The zero-order valence-corrected chi connectivity index (χ0v) is 18.5. The van der Waals surface area contributed by atoms with Gasteiger partial charge in [-0.05, 0) is 51.4 Å². The van der Waals surface area contributed by atoms with E-state index in [0.717, 1.165) is 22.0 Å². The molecule has 1 amide bonds. The number of ether oxygens (including phenoxy) is 2. The maximum absolute atomic E-state index is 12.6. The highest BCUT2D eigenvalue weighted by molar-refractivity contribution is 7.09. The second kappa shape index (κ2) is 10.2. The molecule has 3 aromatic rings. The first-order valence-electron chi connectivity index (χ1n) is 9.69. The van der Waals surface area contributed by atoms with Crippen LogP contribution in [0.3, 0.4) is 0 Å². The average molecular weight is 426 g/mol. The summed E-state index contributed by atoms with van der Waals surface area (Å²) in [5, 5.41) is 6.03. The predicted molar refractivity (Wildman–Crippen MR) is 119 cm³/mol. The molecule has 0 aliphatic rings. The smallest absolute Gasteiger partial charge is 0.251 e. The molecule has 1 aromatic heterocycles. The molecule has 1 atom stereocenters. The molecule has 1 heterocycles. The molecule has 6 nitrogen and oxygen atoms in total. The van der Waals surface area contributed by atoms with Crippen LogP contribution < -0.4 is 14.8 Å². The first-order valence-corrected chi connectivity index (χ1v) is 10.6. The van der Waals surface area contributed by atoms with Crippen LogP contribution in [0.1, 0.15) is 32.7 Å². The molecule has 3 rings (SSSR count). The number of likely N-dealkylation sites (N-methyl/N-ethyl adjacent to an activating group) is 1. The van der Waals surface area contributed by atoms with Crippen molar-refractivity contribution in [1.29, 1.82) is 0 Å². The highest BCUT2D eigenvalue weighted by Gasteiger charge is 2.19. The zero-order valence-electron chi connectivity index (χ0n) is 17.7. The number of benzene rings is 2. The summed E-state index contributed by atoms with van der Waals surface area (Å²) in [4.78, 5) is 19.1. The molecule has 0 spiro atoms. The number of hydrogen-bond donors (Lipinski definition) is 1. The number of methoxy groups -OCH3 is 1. The van der Waals surface area contributed by atoms with E-state index < -0.39 is 0 Å². The number of carbonyl (C=O) groups excluding carboxylic acids is 1. The lowest BCUT2D eigenvalue weighted by molar-refractivity contribution is 0.0941. The van der Waals surface area contributed by atoms with Gasteiger partial charge in [0.05, 0.1) is 23.9 Å². The molecule has 0 saturated carbocycles. The van der Waals surface area contributed by atoms with Gasteiger partial charge in [-0.3, -0.25) is 4.79 Å². The zero-order chi connectivity index (χ0) is 21.5. The largest absolute Gasteiger partial charge is 0.496 e. The van der Waals surface area contributed by atoms with E-state index in [-0.39, 0.29) is 11.9 Å². The van der Waals surface area contributed by atoms with Gasteiger partial charge < -0.3 is 19.7 Å². The summed E-state index contributed by atoms with van der Waals surface area (Å²) in [5.41, 5.74) is 2.53. The van der Waals surface area contributed by atoms with Gasteiger partial charge >= 0.3 is 0 Å². The predicted octanol–water partition coefficient (Wildman–Crippen LogP) is 4.07. The summed E-state index contributed by atoms with van der Waals surface area (Å²) >= 11 is 1.60. The maximum Gasteiger partial charge on any atom is 0.251 e. The SMILES string of the molecule is COc1ccccc1[C@@H](CNC(=O)c1ccc(OCc2csc(C)n2)cc1)N(C)C. The van der Waals surface area contributed by atoms with E-state index in [2.05, 4.69) is 15.2 Å². The minimum Gasteiger partial charge on any atom is -0.496 e. The molecule has 0 radical (unpaired) electrons. The number of aryl methyl sites for hydroxylation is 1. The third kappa shape index (κ3) is 5.58. The molecule has 7 heteroatoms. The van der Waals surface area contributed by atoms with Crippen molar-refractivity contribution >= 4 is 17.2 Å². The first-order chi connectivity index (χ1) is 14.5. The second-order valence-corrected chi connectivity index (χ2v) is 8.16. The van der Waals surface area contributed by atoms with E-state index in [9.17, 15) is 4.79 Å². The van der Waals surface area contributed by atoms with Crippen LogP contribution in [0.4, 0.5) is 0 Å². The van der Waals surface area contributed by atoms with Gasteiger partial charge in [-0.2, -0.15) is 0 Å². The van der Waals surface area contributed by atoms with Crippen molar-refractivity contribution in [3.05, 3.63) is 75.7 Å². The number of rotatable bonds is 9. The molecule has 158 valence electrons. The van der Waals surface area contributed by atoms with Crippen molar-refractivity contribution in [3.8, 4) is 11.5 Å². The lowest BCUT2D eigenvalue weighted by Crippen LogP contribution is -2.34. The van der Waals surface area contributed by atoms with Crippen LogP contribution in [-0.4, -0.2) is 43.5 Å². The number of nitrogens with one attached hydrogen (secondary N) is 1. The molecular weight excluding hydrogens is 398 g/mol. The van der Waals surface area contributed by atoms with Gasteiger partial charge in [0, 0.05) is 23.1 Å². The van der Waals surface area contributed by atoms with Gasteiger partial charge in [0.15, 0.2) is 0 Å². The molecule has 0 saturated heterocycles. The Hall–Kier alpha value is -2.90. The Morgan fingerprint density at radius 1 is 1.17 bits per heavy atom. The Morgan fingerprint density at radius 2 is 1.90 bits per heavy atom. The van der Waals surface area contributed by atoms with Crippen molar-refractivity contribution < 1.29 is 14.3 Å². The maximum atomic E-state index is 12.6. The van der Waals surface area contributed by atoms with E-state index >= 15 is 0 Å². The van der Waals surface area contributed by atoms with Gasteiger partial charge in [-0.1, -0.05) is 18.2 Å². The van der Waals surface area contributed by atoms with Crippen LogP contribution in [0.5, 0.6) is 11.5 Å². The molecule has 0 aliphatic carbocycles. The third-order valence-corrected chi connectivity index (χ3v) is 5.57. The Morgan fingerprint density at radius 3 is 2.53 bits per heavy atom. The monoisotopic (exact) mass is 425 g/mol. The average Bonchev–Trinajstić information content (AvgIpc) is 3.18. The molecule has 0 fully saturated rings. The molecular formula is C23H27N3O3S. The van der Waals surface area contributed by atoms with Crippen molar-refractivity contribution in [1.82, 2.24) is 15.2 Å². The first kappa shape index (κ1) is 21.8. The topological polar surface area (TPSA) is 63.7 Å². The summed E-state index contributed by atoms with van der Waals surface area (Å²) in [6.07, 6.45) is 0. The second-order valence-electron chi connectivity index (χ2n) is 7.10. The fourth-order valence-corrected chi connectivity index (χ4v) is 3.74. The number of hydrogen-bond acceptors (Lipinski definition) is 6. The van der Waals surface area contributed by atoms with Crippen molar-refractivity contribution in [2.24, 2.45) is 0 Å². The Bertz CT molecular complexity index is 970. The number of aromatic nitrogens is 1.